The molecule has 0 amide bonds. The van der Waals surface area contributed by atoms with Crippen LogP contribution in [0.15, 0.2) is 24.3 Å². The first-order valence-corrected chi connectivity index (χ1v) is 6.31. The van der Waals surface area contributed by atoms with E-state index in [2.05, 4.69) is 11.8 Å². The van der Waals surface area contributed by atoms with Crippen molar-refractivity contribution in [2.24, 2.45) is 11.1 Å². The Morgan fingerprint density at radius 2 is 2.11 bits per heavy atom. The van der Waals surface area contributed by atoms with Gasteiger partial charge in [-0.1, -0.05) is 19.1 Å². The Balaban J connectivity index is 1.93. The number of benzene rings is 1. The Hall–Kier alpha value is -1.42. The van der Waals surface area contributed by atoms with E-state index >= 15 is 0 Å². The number of rotatable bonds is 3. The largest absolute Gasteiger partial charge is 0.387 e. The molecule has 0 aliphatic carbocycles. The molecule has 1 fully saturated rings. The zero-order chi connectivity index (χ0) is 13.2. The summed E-state index contributed by atoms with van der Waals surface area (Å²) < 4.78 is 13.1. The summed E-state index contributed by atoms with van der Waals surface area (Å²) in [4.78, 5) is 2.29. The number of nitrogens with one attached hydrogen (secondary N) is 1. The molecule has 0 spiro atoms. The molecule has 0 bridgehead atoms. The molecular formula is C14H20FN3. The summed E-state index contributed by atoms with van der Waals surface area (Å²) in [7, 11) is 0. The van der Waals surface area contributed by atoms with Crippen molar-refractivity contribution in [3.05, 3.63) is 35.6 Å². The molecule has 1 aliphatic heterocycles. The Labute approximate surface area is 107 Å². The van der Waals surface area contributed by atoms with Crippen molar-refractivity contribution in [1.82, 2.24) is 4.90 Å². The molecule has 2 rings (SSSR count). The summed E-state index contributed by atoms with van der Waals surface area (Å²) in [6, 6.07) is 6.74. The van der Waals surface area contributed by atoms with Gasteiger partial charge in [0.25, 0.3) is 0 Å². The van der Waals surface area contributed by atoms with Gasteiger partial charge >= 0.3 is 0 Å². The number of amidine groups is 1. The lowest BCUT2D eigenvalue weighted by molar-refractivity contribution is 0.156. The zero-order valence-electron chi connectivity index (χ0n) is 10.7. The summed E-state index contributed by atoms with van der Waals surface area (Å²) in [5, 5.41) is 7.61. The average molecular weight is 249 g/mol. The van der Waals surface area contributed by atoms with Crippen LogP contribution in [0.25, 0.3) is 0 Å². The van der Waals surface area contributed by atoms with E-state index in [9.17, 15) is 4.39 Å². The molecule has 1 aliphatic rings. The lowest BCUT2D eigenvalue weighted by Gasteiger charge is -2.38. The first-order chi connectivity index (χ1) is 8.49. The minimum atomic E-state index is -0.182. The quantitative estimate of drug-likeness (QED) is 0.638. The molecule has 1 aromatic rings. The molecule has 1 heterocycles. The molecule has 0 radical (unpaired) electrons. The molecule has 3 nitrogen and oxygen atoms in total. The molecule has 18 heavy (non-hydrogen) atoms. The fourth-order valence-electron chi connectivity index (χ4n) is 2.37. The maximum Gasteiger partial charge on any atom is 0.123 e. The van der Waals surface area contributed by atoms with Crippen LogP contribution in [0.3, 0.4) is 0 Å². The van der Waals surface area contributed by atoms with Crippen LogP contribution >= 0.6 is 0 Å². The molecule has 0 unspecified atom stereocenters. The van der Waals surface area contributed by atoms with E-state index in [0.29, 0.717) is 0 Å². The van der Waals surface area contributed by atoms with Crippen molar-refractivity contribution in [2.45, 2.75) is 26.3 Å². The van der Waals surface area contributed by atoms with Gasteiger partial charge in [0.15, 0.2) is 0 Å². The molecule has 0 atom stereocenters. The van der Waals surface area contributed by atoms with Crippen molar-refractivity contribution in [2.75, 3.05) is 13.1 Å². The summed E-state index contributed by atoms with van der Waals surface area (Å²) in [6.07, 6.45) is 1.80. The highest BCUT2D eigenvalue weighted by molar-refractivity contribution is 5.83. The number of nitrogens with zero attached hydrogens (tertiary/aromatic N) is 1. The van der Waals surface area contributed by atoms with Gasteiger partial charge < -0.3 is 5.73 Å². The van der Waals surface area contributed by atoms with Crippen molar-refractivity contribution in [3.8, 4) is 0 Å². The lowest BCUT2D eigenvalue weighted by atomic mass is 9.79. The van der Waals surface area contributed by atoms with Gasteiger partial charge in [-0.3, -0.25) is 10.3 Å². The van der Waals surface area contributed by atoms with Crippen LogP contribution in [-0.4, -0.2) is 23.8 Å². The summed E-state index contributed by atoms with van der Waals surface area (Å²) in [5.74, 6) is 0.103. The minimum absolute atomic E-state index is 0.154. The number of likely N-dealkylation sites (tertiary alicyclic amines) is 1. The highest BCUT2D eigenvalue weighted by Crippen LogP contribution is 2.31. The van der Waals surface area contributed by atoms with Crippen LogP contribution in [0, 0.1) is 16.6 Å². The second-order valence-electron chi connectivity index (χ2n) is 5.38. The number of hydrogen-bond donors (Lipinski definition) is 2. The summed E-state index contributed by atoms with van der Waals surface area (Å²) in [5.41, 5.74) is 6.48. The van der Waals surface area contributed by atoms with Gasteiger partial charge in [0.1, 0.15) is 5.82 Å². The molecule has 0 saturated carbocycles. The monoisotopic (exact) mass is 249 g/mol. The number of piperidine rings is 1. The maximum absolute atomic E-state index is 13.1. The van der Waals surface area contributed by atoms with Crippen LogP contribution in [0.1, 0.15) is 25.3 Å². The smallest absolute Gasteiger partial charge is 0.123 e. The molecule has 1 saturated heterocycles. The van der Waals surface area contributed by atoms with Gasteiger partial charge in [-0.05, 0) is 43.6 Å². The minimum Gasteiger partial charge on any atom is -0.387 e. The average Bonchev–Trinajstić information content (AvgIpc) is 2.32. The predicted octanol–water partition coefficient (Wildman–Crippen LogP) is 2.36. The van der Waals surface area contributed by atoms with Gasteiger partial charge in [-0.2, -0.15) is 0 Å². The van der Waals surface area contributed by atoms with E-state index in [-0.39, 0.29) is 17.1 Å². The Bertz CT molecular complexity index is 436. The highest BCUT2D eigenvalue weighted by Gasteiger charge is 2.32. The van der Waals surface area contributed by atoms with E-state index in [4.69, 9.17) is 11.1 Å². The number of nitrogens with two attached hydrogens (primary N) is 1. The third-order valence-corrected chi connectivity index (χ3v) is 3.91. The Morgan fingerprint density at radius 3 is 2.67 bits per heavy atom. The van der Waals surface area contributed by atoms with Gasteiger partial charge in [-0.25, -0.2) is 4.39 Å². The van der Waals surface area contributed by atoms with E-state index in [0.717, 1.165) is 38.0 Å². The van der Waals surface area contributed by atoms with Crippen LogP contribution in [0.4, 0.5) is 4.39 Å². The van der Waals surface area contributed by atoms with Crippen molar-refractivity contribution in [3.63, 3.8) is 0 Å². The first kappa shape index (κ1) is 13.0. The maximum atomic E-state index is 13.1. The first-order valence-electron chi connectivity index (χ1n) is 6.31. The number of hydrogen-bond acceptors (Lipinski definition) is 2. The van der Waals surface area contributed by atoms with E-state index in [1.165, 1.54) is 6.07 Å². The second-order valence-corrected chi connectivity index (χ2v) is 5.38. The highest BCUT2D eigenvalue weighted by atomic mass is 19.1. The molecule has 1 aromatic carbocycles. The predicted molar refractivity (Wildman–Crippen MR) is 70.9 cm³/mol. The van der Waals surface area contributed by atoms with Gasteiger partial charge in [0.05, 0.1) is 5.84 Å². The topological polar surface area (TPSA) is 53.1 Å². The van der Waals surface area contributed by atoms with Gasteiger partial charge in [0.2, 0.25) is 0 Å². The Kier molecular flexibility index (Phi) is 3.66. The summed E-state index contributed by atoms with van der Waals surface area (Å²) in [6.45, 7) is 4.64. The fourth-order valence-corrected chi connectivity index (χ4v) is 2.37. The van der Waals surface area contributed by atoms with Crippen LogP contribution in [0.2, 0.25) is 0 Å². The Morgan fingerprint density at radius 1 is 1.44 bits per heavy atom. The fraction of sp³-hybridized carbons (Fsp3) is 0.500. The number of halogens is 1. The normalized spacial score (nSPS) is 19.7. The standard InChI is InChI=1S/C14H20FN3/c1-14(13(16)17)5-7-18(8-6-14)10-11-3-2-4-12(15)9-11/h2-4,9H,5-8,10H2,1H3,(H3,16,17). The SMILES string of the molecule is CC1(C(=N)N)CCN(Cc2cccc(F)c2)CC1. The molecule has 0 aromatic heterocycles. The lowest BCUT2D eigenvalue weighted by Crippen LogP contribution is -2.44. The summed E-state index contributed by atoms with van der Waals surface area (Å²) >= 11 is 0. The molecule has 3 N–H and O–H groups in total. The molecule has 98 valence electrons. The molecule has 4 heteroatoms. The van der Waals surface area contributed by atoms with Crippen molar-refractivity contribution in [1.29, 1.82) is 5.41 Å². The third kappa shape index (κ3) is 2.88. The van der Waals surface area contributed by atoms with E-state index in [1.54, 1.807) is 12.1 Å². The van der Waals surface area contributed by atoms with Gasteiger partial charge in [0, 0.05) is 12.0 Å². The van der Waals surface area contributed by atoms with Gasteiger partial charge in [-0.15, -0.1) is 0 Å². The second kappa shape index (κ2) is 5.06. The molecular weight excluding hydrogens is 229 g/mol. The van der Waals surface area contributed by atoms with E-state index in [1.807, 2.05) is 6.07 Å². The van der Waals surface area contributed by atoms with Crippen LogP contribution in [-0.2, 0) is 6.54 Å². The van der Waals surface area contributed by atoms with Crippen molar-refractivity contribution >= 4 is 5.84 Å². The van der Waals surface area contributed by atoms with Crippen molar-refractivity contribution < 1.29 is 4.39 Å². The van der Waals surface area contributed by atoms with E-state index < -0.39 is 0 Å². The van der Waals surface area contributed by atoms with Crippen LogP contribution in [0.5, 0.6) is 0 Å². The van der Waals surface area contributed by atoms with Crippen LogP contribution < -0.4 is 5.73 Å². The third-order valence-electron chi connectivity index (χ3n) is 3.91. The zero-order valence-corrected chi connectivity index (χ0v) is 10.7.